The number of aliphatic hydroxyl groups is 2. The summed E-state index contributed by atoms with van der Waals surface area (Å²) in [6, 6.07) is 11.3. The van der Waals surface area contributed by atoms with Crippen molar-refractivity contribution in [3.63, 3.8) is 0 Å². The number of hydrogen-bond donors (Lipinski definition) is 3. The van der Waals surface area contributed by atoms with E-state index in [1.807, 2.05) is 30.3 Å². The minimum atomic E-state index is -0.952. The first-order valence-electron chi connectivity index (χ1n) is 5.55. The van der Waals surface area contributed by atoms with E-state index in [2.05, 4.69) is 17.6 Å². The summed E-state index contributed by atoms with van der Waals surface area (Å²) in [6.07, 6.45) is -1.33. The Hall–Kier alpha value is -1.10. The topological polar surface area (TPSA) is 53.4 Å². The Bertz CT molecular complexity index is 503. The maximum Gasteiger partial charge on any atom is 0.122 e. The summed E-state index contributed by atoms with van der Waals surface area (Å²) in [6.45, 7) is 0. The zero-order chi connectivity index (χ0) is 12.3. The van der Waals surface area contributed by atoms with Gasteiger partial charge in [0.25, 0.3) is 0 Å². The van der Waals surface area contributed by atoms with Crippen LogP contribution in [-0.2, 0) is 0 Å². The molecule has 90 valence electrons. The SMILES string of the molecule is OC(CCS)C(O)c1ccc2ccccc2n1. The molecule has 0 radical (unpaired) electrons. The van der Waals surface area contributed by atoms with E-state index in [0.29, 0.717) is 17.9 Å². The predicted octanol–water partition coefficient (Wildman–Crippen LogP) is 1.95. The summed E-state index contributed by atoms with van der Waals surface area (Å²) in [5.41, 5.74) is 1.32. The van der Waals surface area contributed by atoms with Crippen LogP contribution in [0.25, 0.3) is 10.9 Å². The zero-order valence-electron chi connectivity index (χ0n) is 9.32. The number of para-hydroxylation sites is 1. The van der Waals surface area contributed by atoms with Gasteiger partial charge < -0.3 is 10.2 Å². The molecular weight excluding hydrogens is 234 g/mol. The van der Waals surface area contributed by atoms with Gasteiger partial charge in [0.1, 0.15) is 6.10 Å². The molecule has 1 aromatic carbocycles. The second kappa shape index (κ2) is 5.49. The van der Waals surface area contributed by atoms with Crippen LogP contribution in [0, 0.1) is 0 Å². The van der Waals surface area contributed by atoms with Gasteiger partial charge in [0.2, 0.25) is 0 Å². The lowest BCUT2D eigenvalue weighted by molar-refractivity contribution is 0.0149. The quantitative estimate of drug-likeness (QED) is 0.726. The van der Waals surface area contributed by atoms with E-state index >= 15 is 0 Å². The van der Waals surface area contributed by atoms with Gasteiger partial charge in [-0.2, -0.15) is 12.6 Å². The Morgan fingerprint density at radius 1 is 1.12 bits per heavy atom. The molecule has 0 spiro atoms. The van der Waals surface area contributed by atoms with Gasteiger partial charge in [-0.25, -0.2) is 4.98 Å². The molecule has 2 aromatic rings. The molecule has 0 saturated carbocycles. The van der Waals surface area contributed by atoms with Gasteiger partial charge in [0.05, 0.1) is 17.3 Å². The van der Waals surface area contributed by atoms with E-state index in [9.17, 15) is 10.2 Å². The van der Waals surface area contributed by atoms with Crippen molar-refractivity contribution < 1.29 is 10.2 Å². The number of nitrogens with zero attached hydrogens (tertiary/aromatic N) is 1. The van der Waals surface area contributed by atoms with Crippen LogP contribution in [0.4, 0.5) is 0 Å². The van der Waals surface area contributed by atoms with Crippen LogP contribution in [0.15, 0.2) is 36.4 Å². The van der Waals surface area contributed by atoms with Crippen molar-refractivity contribution in [2.24, 2.45) is 0 Å². The minimum absolute atomic E-state index is 0.443. The summed E-state index contributed by atoms with van der Waals surface area (Å²) >= 11 is 4.03. The highest BCUT2D eigenvalue weighted by molar-refractivity contribution is 7.80. The van der Waals surface area contributed by atoms with Crippen LogP contribution < -0.4 is 0 Å². The maximum atomic E-state index is 9.93. The lowest BCUT2D eigenvalue weighted by atomic mass is 10.1. The van der Waals surface area contributed by atoms with Crippen LogP contribution in [0.2, 0.25) is 0 Å². The minimum Gasteiger partial charge on any atom is -0.390 e. The fourth-order valence-corrected chi connectivity index (χ4v) is 2.00. The van der Waals surface area contributed by atoms with Crippen LogP contribution >= 0.6 is 12.6 Å². The molecule has 4 heteroatoms. The normalized spacial score (nSPS) is 14.8. The van der Waals surface area contributed by atoms with Crippen molar-refractivity contribution in [2.45, 2.75) is 18.6 Å². The number of aromatic nitrogens is 1. The first-order valence-corrected chi connectivity index (χ1v) is 6.18. The molecule has 2 rings (SSSR count). The third-order valence-corrected chi connectivity index (χ3v) is 2.97. The first kappa shape index (κ1) is 12.4. The smallest absolute Gasteiger partial charge is 0.122 e. The number of aliphatic hydroxyl groups excluding tert-OH is 2. The molecule has 1 heterocycles. The van der Waals surface area contributed by atoms with Gasteiger partial charge in [0.15, 0.2) is 0 Å². The lowest BCUT2D eigenvalue weighted by Gasteiger charge is -2.16. The summed E-state index contributed by atoms with van der Waals surface area (Å²) in [4.78, 5) is 4.34. The molecular formula is C13H15NO2S. The molecule has 2 atom stereocenters. The first-order chi connectivity index (χ1) is 8.22. The van der Waals surface area contributed by atoms with E-state index in [4.69, 9.17) is 0 Å². The second-order valence-electron chi connectivity index (χ2n) is 3.95. The lowest BCUT2D eigenvalue weighted by Crippen LogP contribution is -2.19. The van der Waals surface area contributed by atoms with Gasteiger partial charge in [-0.1, -0.05) is 24.3 Å². The average Bonchev–Trinajstić information content (AvgIpc) is 2.37. The number of thiol groups is 1. The number of hydrogen-bond acceptors (Lipinski definition) is 4. The highest BCUT2D eigenvalue weighted by Gasteiger charge is 2.18. The number of benzene rings is 1. The van der Waals surface area contributed by atoms with E-state index in [-0.39, 0.29) is 0 Å². The molecule has 2 unspecified atom stereocenters. The molecule has 0 aliphatic carbocycles. The van der Waals surface area contributed by atoms with Gasteiger partial charge in [0, 0.05) is 5.39 Å². The molecule has 0 bridgehead atoms. The third kappa shape index (κ3) is 2.77. The van der Waals surface area contributed by atoms with Gasteiger partial charge >= 0.3 is 0 Å². The van der Waals surface area contributed by atoms with E-state index < -0.39 is 12.2 Å². The summed E-state index contributed by atoms with van der Waals surface area (Å²) < 4.78 is 0. The molecule has 0 aliphatic rings. The molecule has 0 fully saturated rings. The van der Waals surface area contributed by atoms with Gasteiger partial charge in [-0.3, -0.25) is 0 Å². The fraction of sp³-hybridized carbons (Fsp3) is 0.308. The van der Waals surface area contributed by atoms with Crippen LogP contribution in [-0.4, -0.2) is 27.1 Å². The molecule has 17 heavy (non-hydrogen) atoms. The maximum absolute atomic E-state index is 9.93. The van der Waals surface area contributed by atoms with E-state index in [1.165, 1.54) is 0 Å². The van der Waals surface area contributed by atoms with Crippen molar-refractivity contribution in [1.29, 1.82) is 0 Å². The van der Waals surface area contributed by atoms with Crippen LogP contribution in [0.1, 0.15) is 18.2 Å². The van der Waals surface area contributed by atoms with Crippen LogP contribution in [0.5, 0.6) is 0 Å². The average molecular weight is 249 g/mol. The molecule has 3 nitrogen and oxygen atoms in total. The van der Waals surface area contributed by atoms with Crippen molar-refractivity contribution in [1.82, 2.24) is 4.98 Å². The number of pyridine rings is 1. The Labute approximate surface area is 106 Å². The van der Waals surface area contributed by atoms with Gasteiger partial charge in [-0.15, -0.1) is 0 Å². The summed E-state index contributed by atoms with van der Waals surface area (Å²) in [5.74, 6) is 0.534. The summed E-state index contributed by atoms with van der Waals surface area (Å²) in [5, 5.41) is 20.7. The highest BCUT2D eigenvalue weighted by Crippen LogP contribution is 2.20. The van der Waals surface area contributed by atoms with Gasteiger partial charge in [-0.05, 0) is 24.3 Å². The molecule has 0 saturated heterocycles. The largest absolute Gasteiger partial charge is 0.390 e. The predicted molar refractivity (Wildman–Crippen MR) is 71.2 cm³/mol. The monoisotopic (exact) mass is 249 g/mol. The van der Waals surface area contributed by atoms with Crippen molar-refractivity contribution in [3.05, 3.63) is 42.1 Å². The van der Waals surface area contributed by atoms with Crippen molar-refractivity contribution in [3.8, 4) is 0 Å². The number of fused-ring (bicyclic) bond motifs is 1. The Morgan fingerprint density at radius 2 is 1.88 bits per heavy atom. The Kier molecular flexibility index (Phi) is 3.99. The fourth-order valence-electron chi connectivity index (χ4n) is 1.73. The van der Waals surface area contributed by atoms with E-state index in [0.717, 1.165) is 10.9 Å². The Balaban J connectivity index is 2.29. The standard InChI is InChI=1S/C13H15NO2S/c15-12(7-8-17)13(16)11-6-5-9-3-1-2-4-10(9)14-11/h1-6,12-13,15-17H,7-8H2. The second-order valence-corrected chi connectivity index (χ2v) is 4.40. The number of rotatable bonds is 4. The third-order valence-electron chi connectivity index (χ3n) is 2.71. The molecule has 0 aliphatic heterocycles. The Morgan fingerprint density at radius 3 is 2.65 bits per heavy atom. The molecule has 0 amide bonds. The molecule has 2 N–H and O–H groups in total. The van der Waals surface area contributed by atoms with Crippen molar-refractivity contribution in [2.75, 3.05) is 5.75 Å². The summed E-state index contributed by atoms with van der Waals surface area (Å²) in [7, 11) is 0. The molecule has 1 aromatic heterocycles. The zero-order valence-corrected chi connectivity index (χ0v) is 10.2. The van der Waals surface area contributed by atoms with Crippen LogP contribution in [0.3, 0.4) is 0 Å². The van der Waals surface area contributed by atoms with Crippen molar-refractivity contribution >= 4 is 23.5 Å². The highest BCUT2D eigenvalue weighted by atomic mass is 32.1. The van der Waals surface area contributed by atoms with E-state index in [1.54, 1.807) is 6.07 Å².